The molecule has 0 N–H and O–H groups in total. The van der Waals surface area contributed by atoms with Crippen LogP contribution >= 0.6 is 11.3 Å². The summed E-state index contributed by atoms with van der Waals surface area (Å²) in [5.74, 6) is 0. The maximum atomic E-state index is 9.81. The molecule has 0 aliphatic heterocycles. The van der Waals surface area contributed by atoms with Gasteiger partial charge in [-0.15, -0.1) is 11.3 Å². The molecule has 0 radical (unpaired) electrons. The normalized spacial score (nSPS) is 9.80. The average Bonchev–Trinajstić information content (AvgIpc) is 2.14. The first kappa shape index (κ1) is 7.34. The fraction of sp³-hybridized carbons (Fsp3) is 0.500. The standard InChI is InChI=1S/C6H8N2OS/c1-4-5(2)10-6(8-4)3-7-9/h3H2,1-2H3. The fourth-order valence-corrected chi connectivity index (χ4v) is 1.51. The van der Waals surface area contributed by atoms with E-state index >= 15 is 0 Å². The summed E-state index contributed by atoms with van der Waals surface area (Å²) < 4.78 is 0. The van der Waals surface area contributed by atoms with Gasteiger partial charge in [-0.05, 0) is 13.8 Å². The smallest absolute Gasteiger partial charge is 0.133 e. The van der Waals surface area contributed by atoms with E-state index in [0.29, 0.717) is 0 Å². The predicted octanol–water partition coefficient (Wildman–Crippen LogP) is 2.03. The van der Waals surface area contributed by atoms with Gasteiger partial charge in [0.15, 0.2) is 0 Å². The van der Waals surface area contributed by atoms with Crippen LogP contribution in [0.5, 0.6) is 0 Å². The lowest BCUT2D eigenvalue weighted by atomic mass is 10.4. The summed E-state index contributed by atoms with van der Waals surface area (Å²) in [5, 5.41) is 3.57. The van der Waals surface area contributed by atoms with E-state index in [1.54, 1.807) is 0 Å². The Hall–Kier alpha value is -0.770. The van der Waals surface area contributed by atoms with Crippen LogP contribution in [0.4, 0.5) is 0 Å². The zero-order valence-electron chi connectivity index (χ0n) is 5.92. The van der Waals surface area contributed by atoms with Gasteiger partial charge in [0, 0.05) is 4.88 Å². The molecule has 0 amide bonds. The summed E-state index contributed by atoms with van der Waals surface area (Å²) in [4.78, 5) is 15.1. The van der Waals surface area contributed by atoms with Gasteiger partial charge >= 0.3 is 0 Å². The highest BCUT2D eigenvalue weighted by atomic mass is 32.1. The van der Waals surface area contributed by atoms with Crippen LogP contribution < -0.4 is 0 Å². The summed E-state index contributed by atoms with van der Waals surface area (Å²) in [7, 11) is 0. The van der Waals surface area contributed by atoms with Gasteiger partial charge in [-0.1, -0.05) is 5.18 Å². The molecule has 0 aliphatic rings. The minimum Gasteiger partial charge on any atom is -0.244 e. The monoisotopic (exact) mass is 156 g/mol. The van der Waals surface area contributed by atoms with E-state index in [1.165, 1.54) is 16.2 Å². The molecule has 0 fully saturated rings. The highest BCUT2D eigenvalue weighted by Gasteiger charge is 2.01. The van der Waals surface area contributed by atoms with E-state index in [1.807, 2.05) is 13.8 Å². The van der Waals surface area contributed by atoms with Gasteiger partial charge in [0.05, 0.1) is 5.69 Å². The lowest BCUT2D eigenvalue weighted by Gasteiger charge is -1.78. The maximum absolute atomic E-state index is 9.81. The van der Waals surface area contributed by atoms with Gasteiger partial charge in [0.1, 0.15) is 11.6 Å². The SMILES string of the molecule is Cc1nc(CN=O)sc1C. The molecule has 0 atom stereocenters. The van der Waals surface area contributed by atoms with E-state index in [-0.39, 0.29) is 6.54 Å². The Kier molecular flexibility index (Phi) is 2.11. The van der Waals surface area contributed by atoms with Crippen LogP contribution in [0.15, 0.2) is 5.18 Å². The van der Waals surface area contributed by atoms with Crippen LogP contribution in [0.3, 0.4) is 0 Å². The molecule has 4 heteroatoms. The van der Waals surface area contributed by atoms with Crippen LogP contribution in [0.25, 0.3) is 0 Å². The third-order valence-electron chi connectivity index (χ3n) is 1.27. The summed E-state index contributed by atoms with van der Waals surface area (Å²) >= 11 is 1.53. The molecule has 10 heavy (non-hydrogen) atoms. The van der Waals surface area contributed by atoms with Crippen LogP contribution in [-0.4, -0.2) is 4.98 Å². The topological polar surface area (TPSA) is 42.3 Å². The van der Waals surface area contributed by atoms with Gasteiger partial charge < -0.3 is 0 Å². The second-order valence-electron chi connectivity index (χ2n) is 2.04. The van der Waals surface area contributed by atoms with E-state index in [4.69, 9.17) is 0 Å². The van der Waals surface area contributed by atoms with Crippen molar-refractivity contribution in [2.24, 2.45) is 5.18 Å². The molecule has 1 rings (SSSR count). The maximum Gasteiger partial charge on any atom is 0.133 e. The Bertz CT molecular complexity index is 224. The Morgan fingerprint density at radius 2 is 2.30 bits per heavy atom. The van der Waals surface area contributed by atoms with E-state index in [2.05, 4.69) is 10.2 Å². The molecule has 0 aromatic carbocycles. The number of nitroso groups, excluding NO2 is 1. The second kappa shape index (κ2) is 2.88. The molecule has 0 saturated heterocycles. The zero-order chi connectivity index (χ0) is 7.56. The molecule has 1 heterocycles. The number of hydrogen-bond donors (Lipinski definition) is 0. The highest BCUT2D eigenvalue weighted by molar-refractivity contribution is 7.11. The Labute approximate surface area is 63.1 Å². The molecule has 1 aromatic rings. The quantitative estimate of drug-likeness (QED) is 0.615. The first-order valence-electron chi connectivity index (χ1n) is 2.96. The number of aryl methyl sites for hydroxylation is 2. The molecule has 54 valence electrons. The van der Waals surface area contributed by atoms with Crippen molar-refractivity contribution in [2.75, 3.05) is 0 Å². The third-order valence-corrected chi connectivity index (χ3v) is 2.33. The zero-order valence-corrected chi connectivity index (χ0v) is 6.73. The first-order chi connectivity index (χ1) is 4.74. The Morgan fingerprint density at radius 1 is 1.60 bits per heavy atom. The van der Waals surface area contributed by atoms with Crippen molar-refractivity contribution in [2.45, 2.75) is 20.4 Å². The van der Waals surface area contributed by atoms with Crippen molar-refractivity contribution in [3.05, 3.63) is 20.5 Å². The van der Waals surface area contributed by atoms with Crippen molar-refractivity contribution in [3.8, 4) is 0 Å². The third kappa shape index (κ3) is 1.39. The van der Waals surface area contributed by atoms with Crippen LogP contribution in [-0.2, 0) is 6.54 Å². The summed E-state index contributed by atoms with van der Waals surface area (Å²) in [6, 6.07) is 0. The number of aromatic nitrogens is 1. The van der Waals surface area contributed by atoms with Gasteiger partial charge in [0.25, 0.3) is 0 Å². The van der Waals surface area contributed by atoms with Gasteiger partial charge in [-0.3, -0.25) is 0 Å². The van der Waals surface area contributed by atoms with Gasteiger partial charge in [-0.2, -0.15) is 4.91 Å². The van der Waals surface area contributed by atoms with Crippen molar-refractivity contribution in [1.29, 1.82) is 0 Å². The molecular formula is C6H8N2OS. The summed E-state index contributed by atoms with van der Waals surface area (Å²) in [6.45, 7) is 4.13. The molecule has 0 spiro atoms. The van der Waals surface area contributed by atoms with Crippen molar-refractivity contribution in [1.82, 2.24) is 4.98 Å². The fourth-order valence-electron chi connectivity index (χ4n) is 0.662. The van der Waals surface area contributed by atoms with Gasteiger partial charge in [0.2, 0.25) is 0 Å². The lowest BCUT2D eigenvalue weighted by molar-refractivity contribution is 1.01. The van der Waals surface area contributed by atoms with Crippen LogP contribution in [0.1, 0.15) is 15.6 Å². The van der Waals surface area contributed by atoms with Gasteiger partial charge in [-0.25, -0.2) is 4.98 Å². The first-order valence-corrected chi connectivity index (χ1v) is 3.77. The molecule has 0 unspecified atom stereocenters. The number of thiazole rings is 1. The molecule has 0 aliphatic carbocycles. The average molecular weight is 156 g/mol. The summed E-state index contributed by atoms with van der Waals surface area (Å²) in [6.07, 6.45) is 0. The van der Waals surface area contributed by atoms with Crippen LogP contribution in [0.2, 0.25) is 0 Å². The number of hydrogen-bond acceptors (Lipinski definition) is 4. The molecule has 0 saturated carbocycles. The Balaban J connectivity index is 2.86. The van der Waals surface area contributed by atoms with E-state index in [0.717, 1.165) is 10.7 Å². The molecular weight excluding hydrogens is 148 g/mol. The van der Waals surface area contributed by atoms with E-state index < -0.39 is 0 Å². The van der Waals surface area contributed by atoms with Crippen LogP contribution in [0, 0.1) is 18.8 Å². The predicted molar refractivity (Wildman–Crippen MR) is 41.1 cm³/mol. The van der Waals surface area contributed by atoms with Crippen molar-refractivity contribution >= 4 is 11.3 Å². The van der Waals surface area contributed by atoms with Crippen molar-refractivity contribution in [3.63, 3.8) is 0 Å². The number of nitrogens with zero attached hydrogens (tertiary/aromatic N) is 2. The number of rotatable bonds is 2. The van der Waals surface area contributed by atoms with E-state index in [9.17, 15) is 4.91 Å². The highest BCUT2D eigenvalue weighted by Crippen LogP contribution is 2.16. The minimum absolute atomic E-state index is 0.208. The Morgan fingerprint density at radius 3 is 2.70 bits per heavy atom. The second-order valence-corrected chi connectivity index (χ2v) is 3.32. The minimum atomic E-state index is 0.208. The largest absolute Gasteiger partial charge is 0.244 e. The molecule has 3 nitrogen and oxygen atoms in total. The molecule has 1 aromatic heterocycles. The molecule has 0 bridgehead atoms. The van der Waals surface area contributed by atoms with Crippen molar-refractivity contribution < 1.29 is 0 Å². The lowest BCUT2D eigenvalue weighted by Crippen LogP contribution is -1.77. The summed E-state index contributed by atoms with van der Waals surface area (Å²) in [5.41, 5.74) is 1.00.